The molecule has 54 valence electrons. The second-order valence-corrected chi connectivity index (χ2v) is 3.72. The van der Waals surface area contributed by atoms with Crippen molar-refractivity contribution in [2.45, 2.75) is 11.0 Å². The van der Waals surface area contributed by atoms with E-state index in [0.29, 0.717) is 4.05 Å². The molecule has 1 unspecified atom stereocenters. The number of aromatic nitrogens is 2. The van der Waals surface area contributed by atoms with Crippen LogP contribution in [-0.2, 0) is 0 Å². The number of hydrogen-bond acceptors (Lipinski definition) is 3. The standard InChI is InChI=1S/C6H8IN3/c1-5(7)10-6-4-8-2-3-9-6/h2-5H,1H3,(H,9,10). The zero-order valence-electron chi connectivity index (χ0n) is 5.58. The first-order valence-electron chi connectivity index (χ1n) is 2.95. The smallest absolute Gasteiger partial charge is 0.145 e. The number of rotatable bonds is 2. The fourth-order valence-electron chi connectivity index (χ4n) is 0.577. The Hall–Kier alpha value is -0.390. The third-order valence-electron chi connectivity index (χ3n) is 0.910. The van der Waals surface area contributed by atoms with Crippen molar-refractivity contribution in [2.24, 2.45) is 0 Å². The highest BCUT2D eigenvalue weighted by molar-refractivity contribution is 14.1. The third-order valence-corrected chi connectivity index (χ3v) is 1.22. The van der Waals surface area contributed by atoms with Crippen LogP contribution in [0.4, 0.5) is 5.82 Å². The van der Waals surface area contributed by atoms with Crippen molar-refractivity contribution in [3.8, 4) is 0 Å². The molecule has 0 saturated heterocycles. The summed E-state index contributed by atoms with van der Waals surface area (Å²) in [6.07, 6.45) is 5.03. The number of nitrogens with zero attached hydrogens (tertiary/aromatic N) is 2. The lowest BCUT2D eigenvalue weighted by Gasteiger charge is -2.04. The van der Waals surface area contributed by atoms with E-state index in [1.165, 1.54) is 0 Å². The van der Waals surface area contributed by atoms with E-state index in [1.54, 1.807) is 18.6 Å². The van der Waals surface area contributed by atoms with Crippen LogP contribution in [0.25, 0.3) is 0 Å². The highest BCUT2D eigenvalue weighted by atomic mass is 127. The summed E-state index contributed by atoms with van der Waals surface area (Å²) in [5.41, 5.74) is 0. The van der Waals surface area contributed by atoms with Crippen LogP contribution in [0.2, 0.25) is 0 Å². The molecule has 0 aliphatic heterocycles. The zero-order chi connectivity index (χ0) is 7.40. The van der Waals surface area contributed by atoms with Crippen molar-refractivity contribution in [2.75, 3.05) is 5.32 Å². The van der Waals surface area contributed by atoms with Crippen LogP contribution in [-0.4, -0.2) is 14.0 Å². The van der Waals surface area contributed by atoms with Gasteiger partial charge in [0.05, 0.1) is 10.2 Å². The molecule has 3 nitrogen and oxygen atoms in total. The molecule has 1 rings (SSSR count). The summed E-state index contributed by atoms with van der Waals surface area (Å²) in [7, 11) is 0. The zero-order valence-corrected chi connectivity index (χ0v) is 7.74. The third kappa shape index (κ3) is 2.47. The van der Waals surface area contributed by atoms with E-state index in [0.717, 1.165) is 5.82 Å². The minimum atomic E-state index is 0.384. The lowest BCUT2D eigenvalue weighted by atomic mass is 10.6. The second-order valence-electron chi connectivity index (χ2n) is 1.85. The highest BCUT2D eigenvalue weighted by Gasteiger charge is 1.94. The van der Waals surface area contributed by atoms with Crippen LogP contribution in [0, 0.1) is 0 Å². The van der Waals surface area contributed by atoms with Gasteiger partial charge in [0.2, 0.25) is 0 Å². The average molecular weight is 249 g/mol. The van der Waals surface area contributed by atoms with Gasteiger partial charge in [-0.2, -0.15) is 0 Å². The van der Waals surface area contributed by atoms with E-state index < -0.39 is 0 Å². The summed E-state index contributed by atoms with van der Waals surface area (Å²) < 4.78 is 0.384. The maximum Gasteiger partial charge on any atom is 0.145 e. The van der Waals surface area contributed by atoms with E-state index in [9.17, 15) is 0 Å². The van der Waals surface area contributed by atoms with Gasteiger partial charge in [0, 0.05) is 12.4 Å². The van der Waals surface area contributed by atoms with Crippen LogP contribution >= 0.6 is 22.6 Å². The summed E-state index contributed by atoms with van der Waals surface area (Å²) in [6.45, 7) is 2.05. The average Bonchev–Trinajstić information content (AvgIpc) is 1.88. The monoisotopic (exact) mass is 249 g/mol. The Morgan fingerprint density at radius 3 is 2.90 bits per heavy atom. The number of nitrogens with one attached hydrogen (secondary N) is 1. The van der Waals surface area contributed by atoms with E-state index in [-0.39, 0.29) is 0 Å². The van der Waals surface area contributed by atoms with E-state index in [1.807, 2.05) is 0 Å². The first kappa shape index (κ1) is 7.71. The summed E-state index contributed by atoms with van der Waals surface area (Å²) >= 11 is 2.27. The Kier molecular flexibility index (Phi) is 2.85. The second kappa shape index (κ2) is 3.70. The molecule has 0 fully saturated rings. The lowest BCUT2D eigenvalue weighted by Crippen LogP contribution is -2.07. The fraction of sp³-hybridized carbons (Fsp3) is 0.333. The SMILES string of the molecule is CC(I)Nc1cnccn1. The van der Waals surface area contributed by atoms with Gasteiger partial charge in [-0.05, 0) is 6.92 Å². The van der Waals surface area contributed by atoms with Gasteiger partial charge >= 0.3 is 0 Å². The van der Waals surface area contributed by atoms with E-state index >= 15 is 0 Å². The van der Waals surface area contributed by atoms with Crippen LogP contribution < -0.4 is 5.32 Å². The van der Waals surface area contributed by atoms with Crippen LogP contribution in [0.15, 0.2) is 18.6 Å². The molecule has 0 bridgehead atoms. The predicted molar refractivity (Wildman–Crippen MR) is 49.1 cm³/mol. The molecule has 1 heterocycles. The Morgan fingerprint density at radius 1 is 1.60 bits per heavy atom. The molecule has 10 heavy (non-hydrogen) atoms. The minimum absolute atomic E-state index is 0.384. The van der Waals surface area contributed by atoms with Crippen LogP contribution in [0.1, 0.15) is 6.92 Å². The quantitative estimate of drug-likeness (QED) is 0.492. The highest BCUT2D eigenvalue weighted by Crippen LogP contribution is 2.04. The number of hydrogen-bond donors (Lipinski definition) is 1. The van der Waals surface area contributed by atoms with Gasteiger partial charge in [-0.3, -0.25) is 4.98 Å². The van der Waals surface area contributed by atoms with E-state index in [4.69, 9.17) is 0 Å². The van der Waals surface area contributed by atoms with E-state index in [2.05, 4.69) is 44.8 Å². The molecule has 0 aliphatic carbocycles. The number of alkyl halides is 1. The van der Waals surface area contributed by atoms with Gasteiger partial charge in [0.1, 0.15) is 5.82 Å². The Labute approximate surface area is 73.4 Å². The Morgan fingerprint density at radius 2 is 2.40 bits per heavy atom. The maximum absolute atomic E-state index is 4.04. The molecule has 4 heteroatoms. The summed E-state index contributed by atoms with van der Waals surface area (Å²) in [6, 6.07) is 0. The van der Waals surface area contributed by atoms with Crippen LogP contribution in [0.3, 0.4) is 0 Å². The lowest BCUT2D eigenvalue weighted by molar-refractivity contribution is 1.10. The molecule has 0 saturated carbocycles. The molecule has 1 aromatic rings. The number of anilines is 1. The van der Waals surface area contributed by atoms with Gasteiger partial charge in [0.25, 0.3) is 0 Å². The fourth-order valence-corrected chi connectivity index (χ4v) is 0.896. The first-order chi connectivity index (χ1) is 4.79. The minimum Gasteiger partial charge on any atom is -0.357 e. The molecule has 0 amide bonds. The van der Waals surface area contributed by atoms with Gasteiger partial charge in [0.15, 0.2) is 0 Å². The summed E-state index contributed by atoms with van der Waals surface area (Å²) in [5, 5.41) is 3.12. The largest absolute Gasteiger partial charge is 0.357 e. The first-order valence-corrected chi connectivity index (χ1v) is 4.20. The Balaban J connectivity index is 2.59. The molecule has 0 aliphatic rings. The Bertz CT molecular complexity index is 187. The van der Waals surface area contributed by atoms with Gasteiger partial charge in [-0.1, -0.05) is 22.6 Å². The normalized spacial score (nSPS) is 12.6. The van der Waals surface area contributed by atoms with Crippen molar-refractivity contribution in [3.63, 3.8) is 0 Å². The molecule has 0 aromatic carbocycles. The summed E-state index contributed by atoms with van der Waals surface area (Å²) in [4.78, 5) is 7.95. The maximum atomic E-state index is 4.04. The van der Waals surface area contributed by atoms with Crippen molar-refractivity contribution in [1.29, 1.82) is 0 Å². The molecule has 1 N–H and O–H groups in total. The molecule has 0 radical (unpaired) electrons. The van der Waals surface area contributed by atoms with Gasteiger partial charge in [-0.15, -0.1) is 0 Å². The summed E-state index contributed by atoms with van der Waals surface area (Å²) in [5.74, 6) is 0.824. The van der Waals surface area contributed by atoms with Crippen molar-refractivity contribution in [3.05, 3.63) is 18.6 Å². The van der Waals surface area contributed by atoms with Crippen molar-refractivity contribution >= 4 is 28.4 Å². The molecular weight excluding hydrogens is 241 g/mol. The van der Waals surface area contributed by atoms with Gasteiger partial charge < -0.3 is 5.32 Å². The topological polar surface area (TPSA) is 37.8 Å². The molecule has 1 aromatic heterocycles. The van der Waals surface area contributed by atoms with Gasteiger partial charge in [-0.25, -0.2) is 4.98 Å². The number of halogens is 1. The predicted octanol–water partition coefficient (Wildman–Crippen LogP) is 1.67. The van der Waals surface area contributed by atoms with Crippen molar-refractivity contribution in [1.82, 2.24) is 9.97 Å². The molecular formula is C6H8IN3. The van der Waals surface area contributed by atoms with Crippen molar-refractivity contribution < 1.29 is 0 Å². The van der Waals surface area contributed by atoms with Crippen LogP contribution in [0.5, 0.6) is 0 Å². The molecule has 1 atom stereocenters. The molecule has 0 spiro atoms.